The lowest BCUT2D eigenvalue weighted by atomic mass is 11.2. The van der Waals surface area contributed by atoms with Crippen molar-refractivity contribution in [3.63, 3.8) is 0 Å². The summed E-state index contributed by atoms with van der Waals surface area (Å²) in [5.41, 5.74) is 0. The van der Waals surface area contributed by atoms with Gasteiger partial charge in [-0.2, -0.15) is 0 Å². The van der Waals surface area contributed by atoms with Gasteiger partial charge in [0.25, 0.3) is 0 Å². The average molecular weight is 342 g/mol. The van der Waals surface area contributed by atoms with Crippen molar-refractivity contribution in [1.82, 2.24) is 0 Å². The molecular weight excluding hydrogens is 336 g/mol. The van der Waals surface area contributed by atoms with Crippen LogP contribution in [0.5, 0.6) is 0 Å². The third-order valence-corrected chi connectivity index (χ3v) is 0.631. The fraction of sp³-hybridized carbons (Fsp3) is 0. The highest BCUT2D eigenvalue weighted by Crippen LogP contribution is 1.93. The maximum atomic E-state index is 3.94. The maximum Gasteiger partial charge on any atom is 0.125 e. The minimum atomic E-state index is 0.857. The minimum Gasteiger partial charge on any atom is -0.315 e. The zero-order chi connectivity index (χ0) is 16.1. The molecule has 130 valence electrons. The molecule has 0 aliphatic carbocycles. The van der Waals surface area contributed by atoms with Crippen LogP contribution in [0.3, 0.4) is 0 Å². The molecule has 0 aromatic heterocycles. The monoisotopic (exact) mass is 342 g/mol. The molecule has 0 saturated carbocycles. The highest BCUT2D eigenvalue weighted by atomic mass is 18.0. The molecule has 0 atom stereocenters. The number of rotatable bonds is 19. The standard InChI is InChI=1S/C4H6O18/c1-3-5-7-9-11-13-15-17-19-21-22-20-18-16-14-12-10-8-6-4-2/h3-4H,1-2H2. The Morgan fingerprint density at radius 3 is 0.682 bits per heavy atom. The fourth-order valence-corrected chi connectivity index (χ4v) is 0.246. The first-order chi connectivity index (χ1) is 10.9. The molecule has 0 aromatic rings. The summed E-state index contributed by atoms with van der Waals surface area (Å²) >= 11 is 0. The lowest BCUT2D eigenvalue weighted by molar-refractivity contribution is -0.888. The molecule has 0 rings (SSSR count). The Hall–Kier alpha value is -1.56. The zero-order valence-electron chi connectivity index (χ0n) is 9.92. The molecule has 0 saturated heterocycles. The molecule has 0 amide bonds. The van der Waals surface area contributed by atoms with Crippen LogP contribution in [0.2, 0.25) is 0 Å². The summed E-state index contributed by atoms with van der Waals surface area (Å²) in [6.07, 6.45) is 1.71. The summed E-state index contributed by atoms with van der Waals surface area (Å²) in [4.78, 5) is 7.87. The third-order valence-electron chi connectivity index (χ3n) is 0.631. The molecule has 0 aliphatic rings. The summed E-state index contributed by atoms with van der Waals surface area (Å²) in [6.45, 7) is 6.16. The van der Waals surface area contributed by atoms with Crippen molar-refractivity contribution in [1.29, 1.82) is 0 Å². The van der Waals surface area contributed by atoms with Crippen LogP contribution in [-0.4, -0.2) is 0 Å². The first-order valence-corrected chi connectivity index (χ1v) is 4.12. The van der Waals surface area contributed by atoms with E-state index in [9.17, 15) is 0 Å². The van der Waals surface area contributed by atoms with E-state index < -0.39 is 0 Å². The van der Waals surface area contributed by atoms with E-state index in [1.807, 2.05) is 0 Å². The Bertz CT molecular complexity index is 207. The molecule has 18 nitrogen and oxygen atoms in total. The second-order valence-electron chi connectivity index (χ2n) is 1.61. The Morgan fingerprint density at radius 1 is 0.318 bits per heavy atom. The Balaban J connectivity index is 2.94. The van der Waals surface area contributed by atoms with Crippen LogP contribution in [0, 0.1) is 0 Å². The van der Waals surface area contributed by atoms with Crippen molar-refractivity contribution in [3.05, 3.63) is 25.7 Å². The van der Waals surface area contributed by atoms with Crippen LogP contribution < -0.4 is 0 Å². The largest absolute Gasteiger partial charge is 0.315 e. The van der Waals surface area contributed by atoms with Gasteiger partial charge in [-0.1, -0.05) is 13.2 Å². The first-order valence-electron chi connectivity index (χ1n) is 4.12. The Kier molecular flexibility index (Phi) is 18.1. The van der Waals surface area contributed by atoms with Gasteiger partial charge in [0.2, 0.25) is 0 Å². The maximum absolute atomic E-state index is 3.94. The van der Waals surface area contributed by atoms with Crippen molar-refractivity contribution >= 4 is 0 Å². The van der Waals surface area contributed by atoms with Crippen LogP contribution in [0.4, 0.5) is 0 Å². The quantitative estimate of drug-likeness (QED) is 0.134. The van der Waals surface area contributed by atoms with E-state index in [4.69, 9.17) is 0 Å². The van der Waals surface area contributed by atoms with Gasteiger partial charge >= 0.3 is 0 Å². The summed E-state index contributed by atoms with van der Waals surface area (Å²) < 4.78 is 0. The molecule has 0 radical (unpaired) electrons. The fourth-order valence-electron chi connectivity index (χ4n) is 0.246. The smallest absolute Gasteiger partial charge is 0.125 e. The summed E-state index contributed by atoms with van der Waals surface area (Å²) in [5.74, 6) is 0. The molecule has 22 heavy (non-hydrogen) atoms. The molecule has 0 heterocycles. The Morgan fingerprint density at radius 2 is 0.500 bits per heavy atom. The second kappa shape index (κ2) is 19.4. The topological polar surface area (TPSA) is 166 Å². The zero-order valence-corrected chi connectivity index (χ0v) is 9.92. The summed E-state index contributed by atoms with van der Waals surface area (Å²) in [6, 6.07) is 0. The van der Waals surface area contributed by atoms with Gasteiger partial charge in [0.15, 0.2) is 0 Å². The van der Waals surface area contributed by atoms with Gasteiger partial charge in [0.05, 0.1) is 0 Å². The van der Waals surface area contributed by atoms with Crippen LogP contribution in [0.25, 0.3) is 0 Å². The molecule has 18 heteroatoms. The SMILES string of the molecule is C=COOOOOOOOOOOOOOOOOOC=C. The summed E-state index contributed by atoms with van der Waals surface area (Å²) in [7, 11) is 0. The van der Waals surface area contributed by atoms with E-state index in [1.54, 1.807) is 0 Å². The van der Waals surface area contributed by atoms with Crippen molar-refractivity contribution in [3.8, 4) is 0 Å². The molecule has 0 N–H and O–H groups in total. The van der Waals surface area contributed by atoms with Crippen molar-refractivity contribution in [2.24, 2.45) is 0 Å². The highest BCUT2D eigenvalue weighted by molar-refractivity contribution is 4.41. The number of hydrogen-bond donors (Lipinski definition) is 0. The van der Waals surface area contributed by atoms with Crippen LogP contribution >= 0.6 is 0 Å². The van der Waals surface area contributed by atoms with Crippen molar-refractivity contribution in [2.75, 3.05) is 0 Å². The molecular formula is C4H6O18. The average Bonchev–Trinajstić information content (AvgIpc) is 2.54. The first kappa shape index (κ1) is 20.4. The third kappa shape index (κ3) is 18.4. The molecule has 0 spiro atoms. The normalized spacial score (nSPS) is 10.4. The van der Waals surface area contributed by atoms with Gasteiger partial charge < -0.3 is 9.78 Å². The molecule has 0 unspecified atom stereocenters. The van der Waals surface area contributed by atoms with E-state index in [1.165, 1.54) is 0 Å². The van der Waals surface area contributed by atoms with Gasteiger partial charge in [-0.3, -0.25) is 0 Å². The van der Waals surface area contributed by atoms with Gasteiger partial charge in [-0.15, -0.1) is 0 Å². The Labute approximate surface area is 117 Å². The van der Waals surface area contributed by atoms with Crippen molar-refractivity contribution in [2.45, 2.75) is 0 Å². The van der Waals surface area contributed by atoms with E-state index in [2.05, 4.69) is 104 Å². The van der Waals surface area contributed by atoms with E-state index in [-0.39, 0.29) is 0 Å². The van der Waals surface area contributed by atoms with Crippen LogP contribution in [-0.2, 0) is 90.4 Å². The van der Waals surface area contributed by atoms with Gasteiger partial charge in [-0.05, 0) is 0 Å². The van der Waals surface area contributed by atoms with Crippen molar-refractivity contribution < 1.29 is 90.4 Å². The molecule has 0 fully saturated rings. The predicted molar refractivity (Wildman–Crippen MR) is 39.9 cm³/mol. The van der Waals surface area contributed by atoms with E-state index >= 15 is 0 Å². The number of hydrogen-bond acceptors (Lipinski definition) is 18. The predicted octanol–water partition coefficient (Wildman–Crippen LogP) is 0.127. The van der Waals surface area contributed by atoms with Gasteiger partial charge in [0.1, 0.15) is 12.5 Å². The summed E-state index contributed by atoms with van der Waals surface area (Å²) in [5, 5.41) is 57.3. The van der Waals surface area contributed by atoms with E-state index in [0.29, 0.717) is 0 Å². The molecule has 0 aromatic carbocycles. The molecule has 0 aliphatic heterocycles. The lowest BCUT2D eigenvalue weighted by Gasteiger charge is -1.99. The van der Waals surface area contributed by atoms with Gasteiger partial charge in [-0.25, -0.2) is 0 Å². The molecule has 0 bridgehead atoms. The lowest BCUT2D eigenvalue weighted by Crippen LogP contribution is -2.05. The van der Waals surface area contributed by atoms with Crippen LogP contribution in [0.1, 0.15) is 0 Å². The van der Waals surface area contributed by atoms with E-state index in [0.717, 1.165) is 12.5 Å². The van der Waals surface area contributed by atoms with Gasteiger partial charge in [0, 0.05) is 80.6 Å². The highest BCUT2D eigenvalue weighted by Gasteiger charge is 1.99. The van der Waals surface area contributed by atoms with Crippen LogP contribution in [0.15, 0.2) is 25.7 Å². The minimum absolute atomic E-state index is 0.857. The second-order valence-corrected chi connectivity index (χ2v) is 1.61.